The van der Waals surface area contributed by atoms with Crippen molar-refractivity contribution >= 4 is 0 Å². The highest BCUT2D eigenvalue weighted by atomic mass is 16.3. The van der Waals surface area contributed by atoms with Gasteiger partial charge in [0.05, 0.1) is 18.8 Å². The molecule has 0 unspecified atom stereocenters. The summed E-state index contributed by atoms with van der Waals surface area (Å²) in [4.78, 5) is 0. The lowest BCUT2D eigenvalue weighted by Gasteiger charge is -2.11. The first-order valence-corrected chi connectivity index (χ1v) is 3.37. The molecule has 0 heterocycles. The SMILES string of the molecule is NCC[C@@H](O)C[C@H](O)CO. The first-order chi connectivity index (χ1) is 4.70. The van der Waals surface area contributed by atoms with Crippen molar-refractivity contribution in [1.29, 1.82) is 0 Å². The Labute approximate surface area is 60.3 Å². The molecule has 62 valence electrons. The van der Waals surface area contributed by atoms with Crippen molar-refractivity contribution in [2.75, 3.05) is 13.2 Å². The molecule has 0 aromatic rings. The molecule has 0 saturated heterocycles. The second kappa shape index (κ2) is 5.61. The molecule has 4 heteroatoms. The van der Waals surface area contributed by atoms with Gasteiger partial charge in [-0.25, -0.2) is 0 Å². The molecular weight excluding hydrogens is 134 g/mol. The summed E-state index contributed by atoms with van der Waals surface area (Å²) in [6.07, 6.45) is -0.737. The standard InChI is InChI=1S/C6H15NO3/c7-2-1-5(9)3-6(10)4-8/h5-6,8-10H,1-4,7H2/t5-,6+/m1/s1. The second-order valence-electron chi connectivity index (χ2n) is 2.30. The van der Waals surface area contributed by atoms with E-state index in [-0.39, 0.29) is 13.0 Å². The predicted octanol–water partition coefficient (Wildman–Crippen LogP) is -1.56. The zero-order valence-electron chi connectivity index (χ0n) is 5.90. The normalized spacial score (nSPS) is 16.8. The van der Waals surface area contributed by atoms with Gasteiger partial charge in [0.15, 0.2) is 0 Å². The van der Waals surface area contributed by atoms with Gasteiger partial charge in [0, 0.05) is 6.42 Å². The van der Waals surface area contributed by atoms with Crippen molar-refractivity contribution in [3.8, 4) is 0 Å². The maximum atomic E-state index is 9.00. The molecule has 0 saturated carbocycles. The summed E-state index contributed by atoms with van der Waals surface area (Å²) in [5.41, 5.74) is 5.14. The van der Waals surface area contributed by atoms with Gasteiger partial charge in [0.25, 0.3) is 0 Å². The van der Waals surface area contributed by atoms with Crippen LogP contribution in [0.4, 0.5) is 0 Å². The molecule has 10 heavy (non-hydrogen) atoms. The topological polar surface area (TPSA) is 86.7 Å². The third kappa shape index (κ3) is 4.69. The fourth-order valence-corrected chi connectivity index (χ4v) is 0.699. The van der Waals surface area contributed by atoms with Crippen molar-refractivity contribution in [2.24, 2.45) is 5.73 Å². The molecule has 4 nitrogen and oxygen atoms in total. The summed E-state index contributed by atoms with van der Waals surface area (Å²) < 4.78 is 0. The van der Waals surface area contributed by atoms with Crippen molar-refractivity contribution < 1.29 is 15.3 Å². The molecular formula is C6H15NO3. The third-order valence-corrected chi connectivity index (χ3v) is 1.25. The third-order valence-electron chi connectivity index (χ3n) is 1.25. The summed E-state index contributed by atoms with van der Waals surface area (Å²) in [7, 11) is 0. The van der Waals surface area contributed by atoms with Crippen LogP contribution in [-0.2, 0) is 0 Å². The predicted molar refractivity (Wildman–Crippen MR) is 37.4 cm³/mol. The fraction of sp³-hybridized carbons (Fsp3) is 1.00. The van der Waals surface area contributed by atoms with Crippen LogP contribution >= 0.6 is 0 Å². The summed E-state index contributed by atoms with van der Waals surface area (Å²) in [6, 6.07) is 0. The maximum Gasteiger partial charge on any atom is 0.0795 e. The molecule has 0 aliphatic heterocycles. The van der Waals surface area contributed by atoms with Gasteiger partial charge >= 0.3 is 0 Å². The molecule has 2 atom stereocenters. The van der Waals surface area contributed by atoms with Gasteiger partial charge in [-0.1, -0.05) is 0 Å². The molecule has 0 aliphatic carbocycles. The molecule has 0 rings (SSSR count). The Bertz CT molecular complexity index is 79.4. The largest absolute Gasteiger partial charge is 0.394 e. The maximum absolute atomic E-state index is 9.00. The van der Waals surface area contributed by atoms with Gasteiger partial charge in [0.1, 0.15) is 0 Å². The van der Waals surface area contributed by atoms with Gasteiger partial charge < -0.3 is 21.1 Å². The van der Waals surface area contributed by atoms with Crippen molar-refractivity contribution in [3.05, 3.63) is 0 Å². The Morgan fingerprint density at radius 1 is 1.20 bits per heavy atom. The number of aliphatic hydroxyl groups is 3. The summed E-state index contributed by atoms with van der Waals surface area (Å²) in [5, 5.41) is 26.2. The van der Waals surface area contributed by atoms with E-state index in [1.807, 2.05) is 0 Å². The van der Waals surface area contributed by atoms with Crippen LogP contribution in [0.1, 0.15) is 12.8 Å². The zero-order valence-corrected chi connectivity index (χ0v) is 5.90. The van der Waals surface area contributed by atoms with Gasteiger partial charge in [0.2, 0.25) is 0 Å². The van der Waals surface area contributed by atoms with Crippen LogP contribution in [0.3, 0.4) is 0 Å². The van der Waals surface area contributed by atoms with E-state index in [1.165, 1.54) is 0 Å². The van der Waals surface area contributed by atoms with E-state index in [2.05, 4.69) is 0 Å². The zero-order chi connectivity index (χ0) is 7.98. The lowest BCUT2D eigenvalue weighted by Crippen LogP contribution is -2.22. The number of hydrogen-bond donors (Lipinski definition) is 4. The van der Waals surface area contributed by atoms with Crippen LogP contribution in [0.15, 0.2) is 0 Å². The Morgan fingerprint density at radius 3 is 2.20 bits per heavy atom. The van der Waals surface area contributed by atoms with Crippen LogP contribution in [0.2, 0.25) is 0 Å². The monoisotopic (exact) mass is 149 g/mol. The lowest BCUT2D eigenvalue weighted by atomic mass is 10.1. The van der Waals surface area contributed by atoms with Gasteiger partial charge in [-0.3, -0.25) is 0 Å². The van der Waals surface area contributed by atoms with Crippen LogP contribution in [-0.4, -0.2) is 40.7 Å². The Hall–Kier alpha value is -0.160. The van der Waals surface area contributed by atoms with Crippen LogP contribution in [0, 0.1) is 0 Å². The molecule has 0 bridgehead atoms. The van der Waals surface area contributed by atoms with E-state index in [4.69, 9.17) is 21.1 Å². The van der Waals surface area contributed by atoms with Crippen LogP contribution in [0.25, 0.3) is 0 Å². The lowest BCUT2D eigenvalue weighted by molar-refractivity contribution is 0.0398. The molecule has 5 N–H and O–H groups in total. The highest BCUT2D eigenvalue weighted by molar-refractivity contribution is 4.62. The molecule has 0 aromatic heterocycles. The number of nitrogens with two attached hydrogens (primary N) is 1. The average molecular weight is 149 g/mol. The van der Waals surface area contributed by atoms with E-state index in [0.29, 0.717) is 13.0 Å². The van der Waals surface area contributed by atoms with Gasteiger partial charge in [-0.15, -0.1) is 0 Å². The minimum absolute atomic E-state index is 0.202. The second-order valence-corrected chi connectivity index (χ2v) is 2.30. The number of aliphatic hydroxyl groups excluding tert-OH is 3. The fourth-order valence-electron chi connectivity index (χ4n) is 0.699. The number of hydrogen-bond acceptors (Lipinski definition) is 4. The van der Waals surface area contributed by atoms with E-state index in [0.717, 1.165) is 0 Å². The smallest absolute Gasteiger partial charge is 0.0795 e. The van der Waals surface area contributed by atoms with Crippen molar-refractivity contribution in [1.82, 2.24) is 0 Å². The minimum Gasteiger partial charge on any atom is -0.394 e. The van der Waals surface area contributed by atoms with Gasteiger partial charge in [-0.05, 0) is 13.0 Å². The number of rotatable bonds is 5. The summed E-state index contributed by atoms with van der Waals surface area (Å²) >= 11 is 0. The molecule has 0 fully saturated rings. The first-order valence-electron chi connectivity index (χ1n) is 3.37. The first kappa shape index (κ1) is 9.84. The summed E-state index contributed by atoms with van der Waals surface area (Å²) in [6.45, 7) is 0.0982. The van der Waals surface area contributed by atoms with Gasteiger partial charge in [-0.2, -0.15) is 0 Å². The molecule has 0 aliphatic rings. The molecule has 0 spiro atoms. The van der Waals surface area contributed by atoms with E-state index in [1.54, 1.807) is 0 Å². The molecule has 0 aromatic carbocycles. The van der Waals surface area contributed by atoms with E-state index >= 15 is 0 Å². The van der Waals surface area contributed by atoms with Crippen LogP contribution < -0.4 is 5.73 Å². The molecule has 0 amide bonds. The van der Waals surface area contributed by atoms with Crippen LogP contribution in [0.5, 0.6) is 0 Å². The van der Waals surface area contributed by atoms with Crippen molar-refractivity contribution in [2.45, 2.75) is 25.0 Å². The Balaban J connectivity index is 3.27. The van der Waals surface area contributed by atoms with Crippen molar-refractivity contribution in [3.63, 3.8) is 0 Å². The molecule has 0 radical (unpaired) electrons. The van der Waals surface area contributed by atoms with E-state index in [9.17, 15) is 0 Å². The quantitative estimate of drug-likeness (QED) is 0.381. The summed E-state index contributed by atoms with van der Waals surface area (Å²) in [5.74, 6) is 0. The Morgan fingerprint density at radius 2 is 1.80 bits per heavy atom. The Kier molecular flexibility index (Phi) is 5.52. The highest BCUT2D eigenvalue weighted by Gasteiger charge is 2.09. The van der Waals surface area contributed by atoms with E-state index < -0.39 is 12.2 Å². The minimum atomic E-state index is -0.818. The average Bonchev–Trinajstić information content (AvgIpc) is 1.88. The highest BCUT2D eigenvalue weighted by Crippen LogP contribution is 2.00.